The van der Waals surface area contributed by atoms with Gasteiger partial charge in [0.05, 0.1) is 12.6 Å². The zero-order chi connectivity index (χ0) is 14.4. The van der Waals surface area contributed by atoms with Crippen LogP contribution in [0.4, 0.5) is 0 Å². The number of hydrogen-bond acceptors (Lipinski definition) is 3. The van der Waals surface area contributed by atoms with E-state index in [9.17, 15) is 0 Å². The van der Waals surface area contributed by atoms with Gasteiger partial charge in [0.25, 0.3) is 0 Å². The second kappa shape index (κ2) is 7.46. The van der Waals surface area contributed by atoms with Crippen LogP contribution >= 0.6 is 11.3 Å². The van der Waals surface area contributed by atoms with E-state index >= 15 is 0 Å². The van der Waals surface area contributed by atoms with Gasteiger partial charge in [0, 0.05) is 5.56 Å². The molecule has 0 amide bonds. The molecule has 1 aromatic heterocycles. The van der Waals surface area contributed by atoms with Crippen molar-refractivity contribution in [2.75, 3.05) is 13.2 Å². The topological polar surface area (TPSA) is 21.3 Å². The van der Waals surface area contributed by atoms with Crippen LogP contribution in [0.2, 0.25) is 0 Å². The Balaban J connectivity index is 2.36. The van der Waals surface area contributed by atoms with Crippen LogP contribution in [-0.4, -0.2) is 13.2 Å². The molecule has 1 heterocycles. The number of ether oxygens (including phenoxy) is 1. The van der Waals surface area contributed by atoms with Crippen molar-refractivity contribution in [2.45, 2.75) is 33.2 Å². The number of rotatable bonds is 7. The number of benzene rings is 1. The number of thiophene rings is 1. The van der Waals surface area contributed by atoms with Gasteiger partial charge in [0.1, 0.15) is 5.75 Å². The minimum absolute atomic E-state index is 0.208. The molecule has 2 aromatic rings. The standard InChI is InChI=1S/C17H23NOS/c1-4-10-19-16-9-7-6-8-14(16)17(18-5-2)15-12-20-11-13(15)3/h6-9,11-12,17-18H,4-5,10H2,1-3H3. The van der Waals surface area contributed by atoms with Gasteiger partial charge in [-0.15, -0.1) is 0 Å². The Morgan fingerprint density at radius 1 is 1.15 bits per heavy atom. The fourth-order valence-electron chi connectivity index (χ4n) is 2.32. The molecule has 0 bridgehead atoms. The lowest BCUT2D eigenvalue weighted by atomic mass is 9.97. The minimum atomic E-state index is 0.208. The van der Waals surface area contributed by atoms with Crippen LogP contribution in [-0.2, 0) is 0 Å². The average Bonchev–Trinajstić information content (AvgIpc) is 2.89. The smallest absolute Gasteiger partial charge is 0.124 e. The van der Waals surface area contributed by atoms with Gasteiger partial charge in [0.2, 0.25) is 0 Å². The lowest BCUT2D eigenvalue weighted by Crippen LogP contribution is -2.23. The molecule has 2 rings (SSSR count). The summed E-state index contributed by atoms with van der Waals surface area (Å²) >= 11 is 1.76. The maximum atomic E-state index is 5.91. The molecule has 1 aromatic carbocycles. The molecule has 0 aliphatic heterocycles. The van der Waals surface area contributed by atoms with Crippen molar-refractivity contribution in [3.8, 4) is 5.75 Å². The summed E-state index contributed by atoms with van der Waals surface area (Å²) in [5, 5.41) is 8.02. The quantitative estimate of drug-likeness (QED) is 0.807. The third kappa shape index (κ3) is 3.41. The van der Waals surface area contributed by atoms with E-state index in [0.717, 1.165) is 25.3 Å². The molecule has 3 heteroatoms. The molecule has 0 aliphatic rings. The Morgan fingerprint density at radius 3 is 2.60 bits per heavy atom. The highest BCUT2D eigenvalue weighted by molar-refractivity contribution is 7.08. The van der Waals surface area contributed by atoms with Gasteiger partial charge in [-0.3, -0.25) is 0 Å². The molecule has 0 saturated heterocycles. The molecule has 108 valence electrons. The first-order valence-corrected chi connectivity index (χ1v) is 8.20. The van der Waals surface area contributed by atoms with E-state index in [1.807, 2.05) is 6.07 Å². The molecule has 1 unspecified atom stereocenters. The van der Waals surface area contributed by atoms with Crippen LogP contribution in [0.25, 0.3) is 0 Å². The molecule has 1 atom stereocenters. The van der Waals surface area contributed by atoms with Gasteiger partial charge in [0.15, 0.2) is 0 Å². The van der Waals surface area contributed by atoms with Gasteiger partial charge >= 0.3 is 0 Å². The van der Waals surface area contributed by atoms with Crippen LogP contribution in [0.1, 0.15) is 43.0 Å². The Bertz CT molecular complexity index is 535. The van der Waals surface area contributed by atoms with Gasteiger partial charge in [-0.25, -0.2) is 0 Å². The Labute approximate surface area is 125 Å². The highest BCUT2D eigenvalue weighted by atomic mass is 32.1. The maximum absolute atomic E-state index is 5.91. The van der Waals surface area contributed by atoms with Gasteiger partial charge in [-0.05, 0) is 47.8 Å². The average molecular weight is 289 g/mol. The minimum Gasteiger partial charge on any atom is -0.493 e. The largest absolute Gasteiger partial charge is 0.493 e. The van der Waals surface area contributed by atoms with Gasteiger partial charge in [-0.1, -0.05) is 32.0 Å². The number of hydrogen-bond donors (Lipinski definition) is 1. The van der Waals surface area contributed by atoms with E-state index in [2.05, 4.69) is 55.0 Å². The van der Waals surface area contributed by atoms with Crippen molar-refractivity contribution in [2.24, 2.45) is 0 Å². The van der Waals surface area contributed by atoms with Gasteiger partial charge < -0.3 is 10.1 Å². The summed E-state index contributed by atoms with van der Waals surface area (Å²) in [4.78, 5) is 0. The van der Waals surface area contributed by atoms with Gasteiger partial charge in [-0.2, -0.15) is 11.3 Å². The van der Waals surface area contributed by atoms with Crippen LogP contribution < -0.4 is 10.1 Å². The molecule has 20 heavy (non-hydrogen) atoms. The number of aryl methyl sites for hydroxylation is 1. The molecule has 2 nitrogen and oxygen atoms in total. The second-order valence-corrected chi connectivity index (χ2v) is 5.63. The molecule has 0 fully saturated rings. The summed E-state index contributed by atoms with van der Waals surface area (Å²) < 4.78 is 5.91. The lowest BCUT2D eigenvalue weighted by molar-refractivity contribution is 0.312. The number of nitrogens with one attached hydrogen (secondary N) is 1. The fourth-order valence-corrected chi connectivity index (χ4v) is 3.20. The highest BCUT2D eigenvalue weighted by Gasteiger charge is 2.19. The van der Waals surface area contributed by atoms with Crippen LogP contribution in [0.3, 0.4) is 0 Å². The SMILES string of the molecule is CCCOc1ccccc1C(NCC)c1cscc1C. The Kier molecular flexibility index (Phi) is 5.62. The Hall–Kier alpha value is -1.32. The van der Waals surface area contributed by atoms with E-state index in [0.29, 0.717) is 0 Å². The normalized spacial score (nSPS) is 12.3. The fraction of sp³-hybridized carbons (Fsp3) is 0.412. The molecular weight excluding hydrogens is 266 g/mol. The zero-order valence-corrected chi connectivity index (χ0v) is 13.3. The first-order chi connectivity index (χ1) is 9.77. The molecule has 0 radical (unpaired) electrons. The van der Waals surface area contributed by atoms with E-state index in [1.165, 1.54) is 16.7 Å². The van der Waals surface area contributed by atoms with Crippen LogP contribution in [0.15, 0.2) is 35.0 Å². The van der Waals surface area contributed by atoms with E-state index < -0.39 is 0 Å². The van der Waals surface area contributed by atoms with Crippen molar-refractivity contribution in [1.29, 1.82) is 0 Å². The second-order valence-electron chi connectivity index (χ2n) is 4.89. The Morgan fingerprint density at radius 2 is 1.95 bits per heavy atom. The lowest BCUT2D eigenvalue weighted by Gasteiger charge is -2.21. The monoisotopic (exact) mass is 289 g/mol. The van der Waals surface area contributed by atoms with Crippen LogP contribution in [0, 0.1) is 6.92 Å². The summed E-state index contributed by atoms with van der Waals surface area (Å²) in [5.74, 6) is 0.992. The van der Waals surface area contributed by atoms with Crippen molar-refractivity contribution in [3.05, 3.63) is 51.7 Å². The number of para-hydroxylation sites is 1. The van der Waals surface area contributed by atoms with Crippen molar-refractivity contribution < 1.29 is 4.74 Å². The molecule has 1 N–H and O–H groups in total. The molecule has 0 aliphatic carbocycles. The van der Waals surface area contributed by atoms with Crippen molar-refractivity contribution in [1.82, 2.24) is 5.32 Å². The summed E-state index contributed by atoms with van der Waals surface area (Å²) in [6, 6.07) is 8.56. The first kappa shape index (κ1) is 15.1. The third-order valence-corrected chi connectivity index (χ3v) is 4.19. The highest BCUT2D eigenvalue weighted by Crippen LogP contribution is 2.33. The molecular formula is C17H23NOS. The third-order valence-electron chi connectivity index (χ3n) is 3.31. The first-order valence-electron chi connectivity index (χ1n) is 7.25. The zero-order valence-electron chi connectivity index (χ0n) is 12.5. The van der Waals surface area contributed by atoms with Crippen molar-refractivity contribution in [3.63, 3.8) is 0 Å². The summed E-state index contributed by atoms with van der Waals surface area (Å²) in [6.45, 7) is 8.14. The van der Waals surface area contributed by atoms with E-state index in [4.69, 9.17) is 4.74 Å². The maximum Gasteiger partial charge on any atom is 0.124 e. The molecule has 0 spiro atoms. The predicted octanol–water partition coefficient (Wildman–Crippen LogP) is 4.54. The summed E-state index contributed by atoms with van der Waals surface area (Å²) in [7, 11) is 0. The summed E-state index contributed by atoms with van der Waals surface area (Å²) in [5.41, 5.74) is 3.92. The molecule has 0 saturated carbocycles. The van der Waals surface area contributed by atoms with E-state index in [-0.39, 0.29) is 6.04 Å². The van der Waals surface area contributed by atoms with E-state index in [1.54, 1.807) is 11.3 Å². The summed E-state index contributed by atoms with van der Waals surface area (Å²) in [6.07, 6.45) is 1.03. The predicted molar refractivity (Wildman–Crippen MR) is 86.8 cm³/mol. The van der Waals surface area contributed by atoms with Crippen LogP contribution in [0.5, 0.6) is 5.75 Å². The van der Waals surface area contributed by atoms with Crippen molar-refractivity contribution >= 4 is 11.3 Å².